The monoisotopic (exact) mass is 261 g/mol. The Labute approximate surface area is 102 Å². The number of nitro groups is 1. The van der Waals surface area contributed by atoms with E-state index in [9.17, 15) is 14.3 Å². The zero-order valence-electron chi connectivity index (χ0n) is 9.39. The molecule has 1 atom stereocenters. The zero-order chi connectivity index (χ0) is 12.3. The summed E-state index contributed by atoms with van der Waals surface area (Å²) >= 11 is -1.68. The summed E-state index contributed by atoms with van der Waals surface area (Å²) in [5, 5.41) is 10.8. The Morgan fingerprint density at radius 1 is 1.47 bits per heavy atom. The van der Waals surface area contributed by atoms with Crippen LogP contribution in [0.4, 0.5) is 0 Å². The maximum absolute atomic E-state index is 10.9. The van der Waals surface area contributed by atoms with Crippen molar-refractivity contribution < 1.29 is 13.4 Å². The Kier molecular flexibility index (Phi) is 3.72. The summed E-state index contributed by atoms with van der Waals surface area (Å²) in [6.45, 7) is -0.0552. The lowest BCUT2D eigenvalue weighted by Gasteiger charge is -2.33. The lowest BCUT2D eigenvalue weighted by molar-refractivity contribution is -0.498. The number of rotatable bonds is 4. The van der Waals surface area contributed by atoms with Crippen LogP contribution in [-0.2, 0) is 15.6 Å². The van der Waals surface area contributed by atoms with Crippen LogP contribution in [-0.4, -0.2) is 21.5 Å². The summed E-state index contributed by atoms with van der Waals surface area (Å²) in [6, 6.07) is 0. The van der Waals surface area contributed by atoms with Crippen molar-refractivity contribution in [3.8, 4) is 0 Å². The largest absolute Gasteiger partial charge is 0.309 e. The molecule has 2 aliphatic rings. The fraction of sp³-hybridized carbons (Fsp3) is 0.889. The standard InChI is InChI=1S/C9H15N3O4S/c13-12(14)7-9(4-2-1-3-5-9)6-8-10-16-17(15)11-8/h1-7H2,(H,10,11). The molecule has 0 aromatic heterocycles. The predicted octanol–water partition coefficient (Wildman–Crippen LogP) is 1.12. The van der Waals surface area contributed by atoms with Gasteiger partial charge in [-0.15, -0.1) is 4.40 Å². The van der Waals surface area contributed by atoms with E-state index in [0.29, 0.717) is 12.3 Å². The molecule has 0 radical (unpaired) electrons. The van der Waals surface area contributed by atoms with E-state index in [0.717, 1.165) is 32.1 Å². The summed E-state index contributed by atoms with van der Waals surface area (Å²) < 4.78 is 19.3. The third-order valence-electron chi connectivity index (χ3n) is 3.34. The lowest BCUT2D eigenvalue weighted by Crippen LogP contribution is -2.36. The summed E-state index contributed by atoms with van der Waals surface area (Å²) in [4.78, 5) is 10.5. The van der Waals surface area contributed by atoms with Gasteiger partial charge in [0, 0.05) is 16.8 Å². The van der Waals surface area contributed by atoms with Crippen LogP contribution >= 0.6 is 0 Å². The molecule has 1 heterocycles. The van der Waals surface area contributed by atoms with Gasteiger partial charge in [0.15, 0.2) is 0 Å². The van der Waals surface area contributed by atoms with E-state index in [1.165, 1.54) is 0 Å². The van der Waals surface area contributed by atoms with Crippen LogP contribution in [0.5, 0.6) is 0 Å². The van der Waals surface area contributed by atoms with Gasteiger partial charge < -0.3 is 0 Å². The third-order valence-corrected chi connectivity index (χ3v) is 3.93. The Bertz CT molecular complexity index is 365. The minimum atomic E-state index is -1.68. The van der Waals surface area contributed by atoms with Crippen LogP contribution in [0.1, 0.15) is 38.5 Å². The normalized spacial score (nSPS) is 27.3. The first-order valence-electron chi connectivity index (χ1n) is 5.64. The minimum Gasteiger partial charge on any atom is -0.265 e. The van der Waals surface area contributed by atoms with E-state index >= 15 is 0 Å². The molecule has 0 amide bonds. The summed E-state index contributed by atoms with van der Waals surface area (Å²) in [6.07, 6.45) is 5.22. The highest BCUT2D eigenvalue weighted by molar-refractivity contribution is 7.79. The quantitative estimate of drug-likeness (QED) is 0.604. The van der Waals surface area contributed by atoms with Gasteiger partial charge in [-0.25, -0.2) is 9.69 Å². The first-order valence-corrected chi connectivity index (χ1v) is 6.67. The van der Waals surface area contributed by atoms with Crippen LogP contribution in [0, 0.1) is 15.5 Å². The molecular weight excluding hydrogens is 246 g/mol. The highest BCUT2D eigenvalue weighted by Crippen LogP contribution is 2.39. The Balaban J connectivity index is 2.07. The molecule has 1 unspecified atom stereocenters. The Morgan fingerprint density at radius 3 is 2.71 bits per heavy atom. The van der Waals surface area contributed by atoms with Crippen molar-refractivity contribution in [1.29, 1.82) is 0 Å². The van der Waals surface area contributed by atoms with Crippen molar-refractivity contribution in [2.24, 2.45) is 9.81 Å². The molecule has 96 valence electrons. The second kappa shape index (κ2) is 5.09. The van der Waals surface area contributed by atoms with Crippen molar-refractivity contribution in [1.82, 2.24) is 5.48 Å². The van der Waals surface area contributed by atoms with E-state index in [1.54, 1.807) is 0 Å². The van der Waals surface area contributed by atoms with Gasteiger partial charge in [-0.05, 0) is 12.8 Å². The first kappa shape index (κ1) is 12.4. The molecule has 0 bridgehead atoms. The van der Waals surface area contributed by atoms with Crippen molar-refractivity contribution in [3.05, 3.63) is 10.1 Å². The molecule has 0 aromatic rings. The molecule has 1 aliphatic carbocycles. The molecule has 1 fully saturated rings. The van der Waals surface area contributed by atoms with E-state index in [-0.39, 0.29) is 16.9 Å². The first-order chi connectivity index (χ1) is 8.10. The van der Waals surface area contributed by atoms with Crippen LogP contribution in [0.3, 0.4) is 0 Å². The number of hydroxylamine groups is 1. The number of nitrogens with zero attached hydrogens (tertiary/aromatic N) is 2. The smallest absolute Gasteiger partial charge is 0.265 e. The SMILES string of the molecule is O=[N+]([O-])CC1(CC2=NS(=O)ON2)CCCCC1. The Hall–Kier alpha value is -1.02. The average Bonchev–Trinajstić information content (AvgIpc) is 2.63. The van der Waals surface area contributed by atoms with Crippen molar-refractivity contribution in [2.75, 3.05) is 6.54 Å². The van der Waals surface area contributed by atoms with Crippen molar-refractivity contribution in [3.63, 3.8) is 0 Å². The van der Waals surface area contributed by atoms with Gasteiger partial charge in [0.25, 0.3) is 0 Å². The second-order valence-corrected chi connectivity index (χ2v) is 5.45. The number of hydrogen-bond donors (Lipinski definition) is 1. The molecule has 1 saturated carbocycles. The second-order valence-electron chi connectivity index (χ2n) is 4.67. The van der Waals surface area contributed by atoms with Gasteiger partial charge in [0.1, 0.15) is 5.84 Å². The zero-order valence-corrected chi connectivity index (χ0v) is 10.2. The van der Waals surface area contributed by atoms with E-state index < -0.39 is 11.3 Å². The van der Waals surface area contributed by atoms with Gasteiger partial charge in [-0.1, -0.05) is 19.3 Å². The molecule has 1 N–H and O–H groups in total. The topological polar surface area (TPSA) is 93.8 Å². The number of nitrogens with one attached hydrogen (secondary N) is 1. The van der Waals surface area contributed by atoms with Crippen molar-refractivity contribution in [2.45, 2.75) is 38.5 Å². The maximum atomic E-state index is 10.9. The van der Waals surface area contributed by atoms with Gasteiger partial charge in [-0.2, -0.15) is 4.28 Å². The summed E-state index contributed by atoms with van der Waals surface area (Å²) in [5.41, 5.74) is 2.12. The van der Waals surface area contributed by atoms with Gasteiger partial charge in [-0.3, -0.25) is 10.1 Å². The molecule has 0 spiro atoms. The maximum Gasteiger partial charge on any atom is 0.309 e. The van der Waals surface area contributed by atoms with Crippen LogP contribution in [0.15, 0.2) is 4.40 Å². The van der Waals surface area contributed by atoms with Crippen LogP contribution < -0.4 is 5.48 Å². The minimum absolute atomic E-state index is 0.0552. The van der Waals surface area contributed by atoms with Gasteiger partial charge in [0.05, 0.1) is 0 Å². The molecule has 0 saturated heterocycles. The molecule has 2 rings (SSSR count). The summed E-state index contributed by atoms with van der Waals surface area (Å²) in [5.74, 6) is 0.465. The van der Waals surface area contributed by atoms with E-state index in [1.807, 2.05) is 0 Å². The van der Waals surface area contributed by atoms with E-state index in [4.69, 9.17) is 0 Å². The van der Waals surface area contributed by atoms with Gasteiger partial charge in [0.2, 0.25) is 6.54 Å². The van der Waals surface area contributed by atoms with Crippen LogP contribution in [0.25, 0.3) is 0 Å². The highest BCUT2D eigenvalue weighted by atomic mass is 32.2. The molecule has 0 aromatic carbocycles. The molecule has 8 heteroatoms. The van der Waals surface area contributed by atoms with E-state index in [2.05, 4.69) is 14.2 Å². The molecular formula is C9H15N3O4S. The lowest BCUT2D eigenvalue weighted by atomic mass is 9.71. The van der Waals surface area contributed by atoms with Gasteiger partial charge >= 0.3 is 11.3 Å². The average molecular weight is 261 g/mol. The highest BCUT2D eigenvalue weighted by Gasteiger charge is 2.39. The molecule has 17 heavy (non-hydrogen) atoms. The van der Waals surface area contributed by atoms with Crippen LogP contribution in [0.2, 0.25) is 0 Å². The molecule has 7 nitrogen and oxygen atoms in total. The molecule has 1 aliphatic heterocycles. The van der Waals surface area contributed by atoms with Crippen molar-refractivity contribution >= 4 is 17.1 Å². The Morgan fingerprint density at radius 2 is 2.18 bits per heavy atom. The predicted molar refractivity (Wildman–Crippen MR) is 61.8 cm³/mol. The number of hydrogen-bond acceptors (Lipinski definition) is 5. The third kappa shape index (κ3) is 3.22. The fourth-order valence-electron chi connectivity index (χ4n) is 2.60. The fourth-order valence-corrected chi connectivity index (χ4v) is 3.09. The summed E-state index contributed by atoms with van der Waals surface area (Å²) in [7, 11) is 0. The number of amidine groups is 1.